The highest BCUT2D eigenvalue weighted by atomic mass is 16.4. The molecule has 0 saturated carbocycles. The molecule has 2 aromatic rings. The monoisotopic (exact) mass is 203 g/mol. The van der Waals surface area contributed by atoms with Gasteiger partial charge in [-0.05, 0) is 18.2 Å². The van der Waals surface area contributed by atoms with Crippen LogP contribution < -0.4 is 5.76 Å². The molecule has 0 spiro atoms. The first-order chi connectivity index (χ1) is 7.26. The van der Waals surface area contributed by atoms with E-state index < -0.39 is 5.76 Å². The molecule has 0 aliphatic carbocycles. The van der Waals surface area contributed by atoms with Crippen LogP contribution in [-0.2, 0) is 6.54 Å². The molecule has 4 heteroatoms. The SMILES string of the molecule is C=CCn1c(=O)oc2cc(C=O)ccc21. The van der Waals surface area contributed by atoms with Gasteiger partial charge < -0.3 is 4.42 Å². The van der Waals surface area contributed by atoms with E-state index >= 15 is 0 Å². The van der Waals surface area contributed by atoms with E-state index in [1.54, 1.807) is 24.3 Å². The number of benzene rings is 1. The van der Waals surface area contributed by atoms with Gasteiger partial charge in [0.05, 0.1) is 5.52 Å². The van der Waals surface area contributed by atoms with Crippen molar-refractivity contribution in [2.75, 3.05) is 0 Å². The lowest BCUT2D eigenvalue weighted by Gasteiger charge is -1.95. The Kier molecular flexibility index (Phi) is 2.25. The molecule has 0 amide bonds. The average Bonchev–Trinajstić information content (AvgIpc) is 2.55. The standard InChI is InChI=1S/C11H9NO3/c1-2-5-12-9-4-3-8(7-13)6-10(9)15-11(12)14/h2-4,6-7H,1,5H2. The molecule has 0 fully saturated rings. The van der Waals surface area contributed by atoms with Crippen LogP contribution in [0.3, 0.4) is 0 Å². The largest absolute Gasteiger partial charge is 0.420 e. The molecule has 0 saturated heterocycles. The maximum atomic E-state index is 11.4. The molecular weight excluding hydrogens is 194 g/mol. The van der Waals surface area contributed by atoms with E-state index in [4.69, 9.17) is 4.42 Å². The Morgan fingerprint density at radius 1 is 1.47 bits per heavy atom. The fourth-order valence-electron chi connectivity index (χ4n) is 1.46. The number of hydrogen-bond acceptors (Lipinski definition) is 3. The molecule has 1 heterocycles. The third-order valence-corrected chi connectivity index (χ3v) is 2.14. The lowest BCUT2D eigenvalue weighted by atomic mass is 10.2. The van der Waals surface area contributed by atoms with E-state index in [1.165, 1.54) is 4.57 Å². The third kappa shape index (κ3) is 1.50. The number of nitrogens with zero attached hydrogens (tertiary/aromatic N) is 1. The number of aldehydes is 1. The first-order valence-electron chi connectivity index (χ1n) is 4.45. The van der Waals surface area contributed by atoms with Crippen LogP contribution >= 0.6 is 0 Å². The summed E-state index contributed by atoms with van der Waals surface area (Å²) in [6, 6.07) is 4.88. The van der Waals surface area contributed by atoms with Crippen LogP contribution in [0.25, 0.3) is 11.1 Å². The lowest BCUT2D eigenvalue weighted by Crippen LogP contribution is -2.12. The van der Waals surface area contributed by atoms with Crippen molar-refractivity contribution in [3.8, 4) is 0 Å². The quantitative estimate of drug-likeness (QED) is 0.562. The van der Waals surface area contributed by atoms with Crippen LogP contribution in [0.15, 0.2) is 40.1 Å². The summed E-state index contributed by atoms with van der Waals surface area (Å²) in [4.78, 5) is 21.9. The Balaban J connectivity index is 2.73. The minimum Gasteiger partial charge on any atom is -0.408 e. The summed E-state index contributed by atoms with van der Waals surface area (Å²) in [6.45, 7) is 3.95. The number of rotatable bonds is 3. The second-order valence-electron chi connectivity index (χ2n) is 3.11. The minimum absolute atomic E-state index is 0.395. The number of hydrogen-bond donors (Lipinski definition) is 0. The molecule has 0 atom stereocenters. The van der Waals surface area contributed by atoms with Crippen molar-refractivity contribution in [1.82, 2.24) is 4.57 Å². The van der Waals surface area contributed by atoms with Gasteiger partial charge >= 0.3 is 5.76 Å². The van der Waals surface area contributed by atoms with Crippen LogP contribution in [0.5, 0.6) is 0 Å². The van der Waals surface area contributed by atoms with Crippen LogP contribution in [0.4, 0.5) is 0 Å². The fourth-order valence-corrected chi connectivity index (χ4v) is 1.46. The van der Waals surface area contributed by atoms with Crippen LogP contribution in [-0.4, -0.2) is 10.9 Å². The summed E-state index contributed by atoms with van der Waals surface area (Å²) >= 11 is 0. The summed E-state index contributed by atoms with van der Waals surface area (Å²) in [6.07, 6.45) is 2.33. The molecule has 0 radical (unpaired) electrons. The second-order valence-corrected chi connectivity index (χ2v) is 3.11. The maximum absolute atomic E-state index is 11.4. The van der Waals surface area contributed by atoms with Gasteiger partial charge in [0.2, 0.25) is 0 Å². The molecule has 15 heavy (non-hydrogen) atoms. The first-order valence-corrected chi connectivity index (χ1v) is 4.45. The van der Waals surface area contributed by atoms with Crippen molar-refractivity contribution in [2.45, 2.75) is 6.54 Å². The minimum atomic E-state index is -0.437. The summed E-state index contributed by atoms with van der Waals surface area (Å²) in [5, 5.41) is 0. The van der Waals surface area contributed by atoms with E-state index in [2.05, 4.69) is 6.58 Å². The third-order valence-electron chi connectivity index (χ3n) is 2.14. The van der Waals surface area contributed by atoms with Crippen molar-refractivity contribution < 1.29 is 9.21 Å². The Labute approximate surface area is 85.4 Å². The molecule has 0 unspecified atom stereocenters. The normalized spacial score (nSPS) is 10.4. The second kappa shape index (κ2) is 3.57. The van der Waals surface area contributed by atoms with Crippen LogP contribution in [0, 0.1) is 0 Å². The Morgan fingerprint density at radius 2 is 2.27 bits per heavy atom. The highest BCUT2D eigenvalue weighted by Gasteiger charge is 2.07. The molecule has 1 aromatic carbocycles. The number of oxazole rings is 1. The number of fused-ring (bicyclic) bond motifs is 1. The predicted molar refractivity (Wildman–Crippen MR) is 56.1 cm³/mol. The Hall–Kier alpha value is -2.10. The van der Waals surface area contributed by atoms with Crippen LogP contribution in [0.1, 0.15) is 10.4 Å². The van der Waals surface area contributed by atoms with E-state index in [1.807, 2.05) is 0 Å². The fraction of sp³-hybridized carbons (Fsp3) is 0.0909. The highest BCUT2D eigenvalue weighted by Crippen LogP contribution is 2.14. The topological polar surface area (TPSA) is 52.2 Å². The van der Waals surface area contributed by atoms with Gasteiger partial charge in [-0.3, -0.25) is 9.36 Å². The zero-order chi connectivity index (χ0) is 10.8. The van der Waals surface area contributed by atoms with E-state index in [0.29, 0.717) is 29.5 Å². The zero-order valence-corrected chi connectivity index (χ0v) is 7.97. The molecular formula is C11H9NO3. The molecule has 0 bridgehead atoms. The average molecular weight is 203 g/mol. The summed E-state index contributed by atoms with van der Waals surface area (Å²) in [5.41, 5.74) is 1.58. The number of allylic oxidation sites excluding steroid dienone is 1. The lowest BCUT2D eigenvalue weighted by molar-refractivity contribution is 0.112. The molecule has 0 aliphatic heterocycles. The molecule has 0 aliphatic rings. The van der Waals surface area contributed by atoms with Crippen molar-refractivity contribution >= 4 is 17.4 Å². The van der Waals surface area contributed by atoms with Gasteiger partial charge in [0.25, 0.3) is 0 Å². The maximum Gasteiger partial charge on any atom is 0.420 e. The smallest absolute Gasteiger partial charge is 0.408 e. The van der Waals surface area contributed by atoms with E-state index in [-0.39, 0.29) is 0 Å². The van der Waals surface area contributed by atoms with Crippen molar-refractivity contribution in [2.24, 2.45) is 0 Å². The Morgan fingerprint density at radius 3 is 2.93 bits per heavy atom. The zero-order valence-electron chi connectivity index (χ0n) is 7.97. The van der Waals surface area contributed by atoms with Gasteiger partial charge in [-0.25, -0.2) is 4.79 Å². The van der Waals surface area contributed by atoms with Gasteiger partial charge in [0, 0.05) is 12.1 Å². The van der Waals surface area contributed by atoms with Gasteiger partial charge in [0.15, 0.2) is 5.58 Å². The summed E-state index contributed by atoms with van der Waals surface area (Å²) in [5.74, 6) is -0.437. The first kappa shape index (κ1) is 9.45. The Bertz CT molecular complexity index is 577. The van der Waals surface area contributed by atoms with E-state index in [0.717, 1.165) is 0 Å². The van der Waals surface area contributed by atoms with Gasteiger partial charge in [-0.1, -0.05) is 6.08 Å². The summed E-state index contributed by atoms with van der Waals surface area (Å²) in [7, 11) is 0. The van der Waals surface area contributed by atoms with Crippen molar-refractivity contribution in [1.29, 1.82) is 0 Å². The van der Waals surface area contributed by atoms with Crippen molar-refractivity contribution in [3.05, 3.63) is 47.0 Å². The molecule has 0 N–H and O–H groups in total. The van der Waals surface area contributed by atoms with E-state index in [9.17, 15) is 9.59 Å². The summed E-state index contributed by atoms with van der Waals surface area (Å²) < 4.78 is 6.45. The van der Waals surface area contributed by atoms with Crippen LogP contribution in [0.2, 0.25) is 0 Å². The molecule has 2 rings (SSSR count). The molecule has 76 valence electrons. The number of carbonyl (C=O) groups is 1. The highest BCUT2D eigenvalue weighted by molar-refractivity contribution is 5.83. The molecule has 4 nitrogen and oxygen atoms in total. The number of carbonyl (C=O) groups excluding carboxylic acids is 1. The van der Waals surface area contributed by atoms with Gasteiger partial charge in [0.1, 0.15) is 6.29 Å². The van der Waals surface area contributed by atoms with Gasteiger partial charge in [-0.2, -0.15) is 0 Å². The number of aromatic nitrogens is 1. The van der Waals surface area contributed by atoms with Crippen molar-refractivity contribution in [3.63, 3.8) is 0 Å². The predicted octanol–water partition coefficient (Wildman–Crippen LogP) is 1.59. The molecule has 1 aromatic heterocycles. The van der Waals surface area contributed by atoms with Gasteiger partial charge in [-0.15, -0.1) is 6.58 Å².